The Balaban J connectivity index is 2.02. The molecule has 1 aromatic heterocycles. The fourth-order valence-electron chi connectivity index (χ4n) is 1.12. The van der Waals surface area contributed by atoms with E-state index in [9.17, 15) is 5.11 Å². The molecular formula is C11H16ClNO3. The van der Waals surface area contributed by atoms with E-state index in [2.05, 4.69) is 11.9 Å². The molecule has 0 saturated carbocycles. The highest BCUT2D eigenvalue weighted by Crippen LogP contribution is 2.02. The molecule has 1 unspecified atom stereocenters. The second kappa shape index (κ2) is 7.46. The van der Waals surface area contributed by atoms with E-state index in [-0.39, 0.29) is 6.61 Å². The van der Waals surface area contributed by atoms with Crippen LogP contribution in [-0.2, 0) is 11.3 Å². The number of rotatable bonds is 8. The highest BCUT2D eigenvalue weighted by molar-refractivity contribution is 6.29. The minimum Gasteiger partial charge on any atom is -0.467 e. The smallest absolute Gasteiger partial charge is 0.129 e. The maximum Gasteiger partial charge on any atom is 0.129 e. The van der Waals surface area contributed by atoms with Crippen molar-refractivity contribution in [2.45, 2.75) is 12.7 Å². The number of nitrogens with one attached hydrogen (secondary N) is 1. The van der Waals surface area contributed by atoms with E-state index in [0.717, 1.165) is 5.76 Å². The highest BCUT2D eigenvalue weighted by atomic mass is 35.5. The first-order valence-electron chi connectivity index (χ1n) is 5.00. The summed E-state index contributed by atoms with van der Waals surface area (Å²) in [5, 5.41) is 13.0. The average molecular weight is 246 g/mol. The fourth-order valence-corrected chi connectivity index (χ4v) is 1.22. The Morgan fingerprint density at radius 3 is 3.12 bits per heavy atom. The second-order valence-electron chi connectivity index (χ2n) is 3.40. The molecule has 0 bridgehead atoms. The maximum absolute atomic E-state index is 9.50. The largest absolute Gasteiger partial charge is 0.467 e. The zero-order valence-corrected chi connectivity index (χ0v) is 9.74. The minimum absolute atomic E-state index is 0.252. The van der Waals surface area contributed by atoms with Gasteiger partial charge in [0.2, 0.25) is 0 Å². The molecule has 5 heteroatoms. The summed E-state index contributed by atoms with van der Waals surface area (Å²) in [6.07, 6.45) is 1.02. The summed E-state index contributed by atoms with van der Waals surface area (Å²) in [5.74, 6) is 0.745. The van der Waals surface area contributed by atoms with Gasteiger partial charge in [0, 0.05) is 18.1 Å². The molecule has 0 amide bonds. The molecule has 4 nitrogen and oxygen atoms in total. The van der Waals surface area contributed by atoms with Crippen molar-refractivity contribution in [2.75, 3.05) is 19.7 Å². The number of aliphatic hydroxyl groups is 1. The van der Waals surface area contributed by atoms with Crippen LogP contribution >= 0.6 is 11.6 Å². The van der Waals surface area contributed by atoms with Gasteiger partial charge in [-0.1, -0.05) is 18.2 Å². The standard InChI is InChI=1S/C11H16ClNO3/c1-9(12)5-13-6-10(14)7-15-8-11-3-2-4-16-11/h2-4,10,13-14H,1,5-8H2. The van der Waals surface area contributed by atoms with Crippen LogP contribution in [0.4, 0.5) is 0 Å². The summed E-state index contributed by atoms with van der Waals surface area (Å²) >= 11 is 5.55. The van der Waals surface area contributed by atoms with Gasteiger partial charge in [0.05, 0.1) is 19.0 Å². The topological polar surface area (TPSA) is 54.6 Å². The molecule has 1 atom stereocenters. The normalized spacial score (nSPS) is 12.6. The molecular weight excluding hydrogens is 230 g/mol. The predicted molar refractivity (Wildman–Crippen MR) is 62.2 cm³/mol. The third-order valence-corrected chi connectivity index (χ3v) is 1.97. The number of ether oxygens (including phenoxy) is 1. The van der Waals surface area contributed by atoms with E-state index in [1.807, 2.05) is 6.07 Å². The fraction of sp³-hybridized carbons (Fsp3) is 0.455. The Bertz CT molecular complexity index is 300. The lowest BCUT2D eigenvalue weighted by molar-refractivity contribution is 0.0231. The van der Waals surface area contributed by atoms with E-state index >= 15 is 0 Å². The van der Waals surface area contributed by atoms with Gasteiger partial charge in [-0.2, -0.15) is 0 Å². The third-order valence-electron chi connectivity index (χ3n) is 1.83. The molecule has 2 N–H and O–H groups in total. The van der Waals surface area contributed by atoms with Crippen molar-refractivity contribution in [3.63, 3.8) is 0 Å². The lowest BCUT2D eigenvalue weighted by atomic mass is 10.3. The number of hydrogen-bond acceptors (Lipinski definition) is 4. The molecule has 1 aromatic rings. The number of halogens is 1. The van der Waals surface area contributed by atoms with Crippen molar-refractivity contribution >= 4 is 11.6 Å². The Morgan fingerprint density at radius 2 is 2.50 bits per heavy atom. The molecule has 1 heterocycles. The van der Waals surface area contributed by atoms with Gasteiger partial charge in [0.15, 0.2) is 0 Å². The summed E-state index contributed by atoms with van der Waals surface area (Å²) in [5.41, 5.74) is 0. The van der Waals surface area contributed by atoms with Gasteiger partial charge in [0.1, 0.15) is 12.4 Å². The first-order valence-corrected chi connectivity index (χ1v) is 5.38. The van der Waals surface area contributed by atoms with Gasteiger partial charge in [-0.15, -0.1) is 0 Å². The molecule has 0 spiro atoms. The first kappa shape index (κ1) is 13.3. The summed E-state index contributed by atoms with van der Waals surface area (Å²) < 4.78 is 10.3. The molecule has 0 aromatic carbocycles. The van der Waals surface area contributed by atoms with Crippen LogP contribution in [0.25, 0.3) is 0 Å². The summed E-state index contributed by atoms with van der Waals surface area (Å²) in [6.45, 7) is 5.05. The van der Waals surface area contributed by atoms with E-state index in [0.29, 0.717) is 24.7 Å². The van der Waals surface area contributed by atoms with E-state index in [4.69, 9.17) is 20.8 Å². The maximum atomic E-state index is 9.50. The number of hydrogen-bond donors (Lipinski definition) is 2. The second-order valence-corrected chi connectivity index (χ2v) is 3.93. The molecule has 0 aliphatic carbocycles. The van der Waals surface area contributed by atoms with Gasteiger partial charge in [-0.25, -0.2) is 0 Å². The van der Waals surface area contributed by atoms with Crippen LogP contribution in [0.5, 0.6) is 0 Å². The van der Waals surface area contributed by atoms with Crippen LogP contribution in [-0.4, -0.2) is 30.9 Å². The van der Waals surface area contributed by atoms with Crippen molar-refractivity contribution in [1.29, 1.82) is 0 Å². The summed E-state index contributed by atoms with van der Waals surface area (Å²) in [6, 6.07) is 3.62. The molecule has 1 rings (SSSR count). The van der Waals surface area contributed by atoms with Crippen molar-refractivity contribution < 1.29 is 14.3 Å². The van der Waals surface area contributed by atoms with Gasteiger partial charge in [-0.05, 0) is 12.1 Å². The molecule has 16 heavy (non-hydrogen) atoms. The highest BCUT2D eigenvalue weighted by Gasteiger charge is 2.04. The Kier molecular flexibility index (Phi) is 6.18. The average Bonchev–Trinajstić information content (AvgIpc) is 2.70. The molecule has 0 aliphatic rings. The van der Waals surface area contributed by atoms with E-state index < -0.39 is 6.10 Å². The Morgan fingerprint density at radius 1 is 1.69 bits per heavy atom. The minimum atomic E-state index is -0.564. The third kappa shape index (κ3) is 5.92. The molecule has 0 aliphatic heterocycles. The molecule has 0 fully saturated rings. The van der Waals surface area contributed by atoms with Gasteiger partial charge < -0.3 is 19.6 Å². The zero-order valence-electron chi connectivity index (χ0n) is 8.99. The van der Waals surface area contributed by atoms with Crippen LogP contribution in [0.1, 0.15) is 5.76 Å². The van der Waals surface area contributed by atoms with Crippen molar-refractivity contribution in [1.82, 2.24) is 5.32 Å². The van der Waals surface area contributed by atoms with Crippen molar-refractivity contribution in [3.8, 4) is 0 Å². The quantitative estimate of drug-likeness (QED) is 0.729. The molecule has 0 radical (unpaired) electrons. The zero-order chi connectivity index (χ0) is 11.8. The lowest BCUT2D eigenvalue weighted by Gasteiger charge is -2.11. The summed E-state index contributed by atoms with van der Waals surface area (Å²) in [7, 11) is 0. The number of aliphatic hydroxyl groups excluding tert-OH is 1. The van der Waals surface area contributed by atoms with Gasteiger partial charge in [-0.3, -0.25) is 0 Å². The Labute approximate surface area is 99.9 Å². The van der Waals surface area contributed by atoms with Crippen LogP contribution in [0.2, 0.25) is 0 Å². The van der Waals surface area contributed by atoms with Crippen molar-refractivity contribution in [2.24, 2.45) is 0 Å². The lowest BCUT2D eigenvalue weighted by Crippen LogP contribution is -2.31. The van der Waals surface area contributed by atoms with Gasteiger partial charge >= 0.3 is 0 Å². The monoisotopic (exact) mass is 245 g/mol. The summed E-state index contributed by atoms with van der Waals surface area (Å²) in [4.78, 5) is 0. The first-order chi connectivity index (χ1) is 7.68. The predicted octanol–water partition coefficient (Wildman–Crippen LogP) is 1.50. The van der Waals surface area contributed by atoms with E-state index in [1.54, 1.807) is 12.3 Å². The Hall–Kier alpha value is -0.810. The van der Waals surface area contributed by atoms with E-state index in [1.165, 1.54) is 0 Å². The molecule has 0 saturated heterocycles. The van der Waals surface area contributed by atoms with Crippen LogP contribution in [0, 0.1) is 0 Å². The van der Waals surface area contributed by atoms with Crippen molar-refractivity contribution in [3.05, 3.63) is 35.8 Å². The number of furan rings is 1. The van der Waals surface area contributed by atoms with Crippen LogP contribution < -0.4 is 5.32 Å². The molecule has 90 valence electrons. The SMILES string of the molecule is C=C(Cl)CNCC(O)COCc1ccco1. The van der Waals surface area contributed by atoms with Crippen LogP contribution in [0.15, 0.2) is 34.4 Å². The van der Waals surface area contributed by atoms with Crippen LogP contribution in [0.3, 0.4) is 0 Å². The van der Waals surface area contributed by atoms with Gasteiger partial charge in [0.25, 0.3) is 0 Å².